The molecule has 0 bridgehead atoms. The largest absolute Gasteiger partial charge is 0.494 e. The van der Waals surface area contributed by atoms with Crippen LogP contribution in [-0.2, 0) is 4.74 Å². The van der Waals surface area contributed by atoms with Crippen LogP contribution in [0.3, 0.4) is 0 Å². The predicted octanol–water partition coefficient (Wildman–Crippen LogP) is 4.00. The molecule has 2 aromatic rings. The van der Waals surface area contributed by atoms with Crippen molar-refractivity contribution in [3.63, 3.8) is 0 Å². The zero-order valence-electron chi connectivity index (χ0n) is 18.8. The lowest BCUT2D eigenvalue weighted by Crippen LogP contribution is -2.34. The van der Waals surface area contributed by atoms with Crippen molar-refractivity contribution in [2.75, 3.05) is 32.2 Å². The summed E-state index contributed by atoms with van der Waals surface area (Å²) >= 11 is 5.23. The van der Waals surface area contributed by atoms with Gasteiger partial charge in [-0.15, -0.1) is 0 Å². The van der Waals surface area contributed by atoms with Crippen molar-refractivity contribution in [2.45, 2.75) is 26.7 Å². The maximum atomic E-state index is 12.4. The van der Waals surface area contributed by atoms with Gasteiger partial charge in [-0.2, -0.15) is 0 Å². The van der Waals surface area contributed by atoms with Crippen molar-refractivity contribution >= 4 is 34.8 Å². The van der Waals surface area contributed by atoms with Gasteiger partial charge in [0.2, 0.25) is 0 Å². The molecule has 0 radical (unpaired) electrons. The van der Waals surface area contributed by atoms with E-state index in [1.165, 1.54) is 0 Å². The topological polar surface area (TPSA) is 88.7 Å². The van der Waals surface area contributed by atoms with Crippen LogP contribution in [0.15, 0.2) is 48.5 Å². The van der Waals surface area contributed by atoms with E-state index in [9.17, 15) is 9.59 Å². The van der Waals surface area contributed by atoms with E-state index in [-0.39, 0.29) is 16.9 Å². The molecule has 8 heteroatoms. The highest BCUT2D eigenvalue weighted by Crippen LogP contribution is 2.14. The molecule has 0 aliphatic rings. The number of hydrogen-bond donors (Lipinski definition) is 3. The van der Waals surface area contributed by atoms with Gasteiger partial charge in [-0.05, 0) is 79.5 Å². The summed E-state index contributed by atoms with van der Waals surface area (Å²) < 4.78 is 10.6. The number of methoxy groups -OCH3 is 1. The molecule has 32 heavy (non-hydrogen) atoms. The number of carbonyl (C=O) groups excluding carboxylic acids is 2. The third kappa shape index (κ3) is 9.03. The fraction of sp³-hybridized carbons (Fsp3) is 0.375. The van der Waals surface area contributed by atoms with Gasteiger partial charge in [-0.1, -0.05) is 13.8 Å². The Labute approximate surface area is 194 Å². The molecule has 0 aromatic heterocycles. The molecule has 172 valence electrons. The highest BCUT2D eigenvalue weighted by atomic mass is 32.1. The van der Waals surface area contributed by atoms with Crippen LogP contribution < -0.4 is 20.7 Å². The number of nitrogens with one attached hydrogen (secondary N) is 3. The van der Waals surface area contributed by atoms with Gasteiger partial charge in [-0.25, -0.2) is 0 Å². The monoisotopic (exact) mass is 457 g/mol. The van der Waals surface area contributed by atoms with Crippen molar-refractivity contribution in [1.29, 1.82) is 0 Å². The molecular weight excluding hydrogens is 426 g/mol. The van der Waals surface area contributed by atoms with Gasteiger partial charge < -0.3 is 20.1 Å². The lowest BCUT2D eigenvalue weighted by atomic mass is 10.1. The highest BCUT2D eigenvalue weighted by Gasteiger charge is 2.09. The summed E-state index contributed by atoms with van der Waals surface area (Å²) in [5.74, 6) is 0.835. The molecule has 3 N–H and O–H groups in total. The molecule has 0 saturated heterocycles. The normalized spacial score (nSPS) is 10.5. The van der Waals surface area contributed by atoms with E-state index in [0.29, 0.717) is 42.5 Å². The summed E-state index contributed by atoms with van der Waals surface area (Å²) in [6.07, 6.45) is 1.73. The van der Waals surface area contributed by atoms with Crippen LogP contribution >= 0.6 is 12.2 Å². The molecule has 0 atom stereocenters. The summed E-state index contributed by atoms with van der Waals surface area (Å²) in [6.45, 7) is 6.08. The average Bonchev–Trinajstić information content (AvgIpc) is 2.77. The summed E-state index contributed by atoms with van der Waals surface area (Å²) in [5.41, 5.74) is 1.68. The van der Waals surface area contributed by atoms with Gasteiger partial charge in [0.1, 0.15) is 5.75 Å². The molecule has 0 spiro atoms. The maximum absolute atomic E-state index is 12.4. The SMILES string of the molecule is COCCCNC(=O)c1ccc(NC(=S)NC(=O)c2ccc(OCCC(C)C)cc2)cc1. The smallest absolute Gasteiger partial charge is 0.257 e. The maximum Gasteiger partial charge on any atom is 0.257 e. The van der Waals surface area contributed by atoms with Crippen LogP contribution in [0, 0.1) is 5.92 Å². The number of anilines is 1. The minimum atomic E-state index is -0.316. The van der Waals surface area contributed by atoms with Crippen LogP contribution in [0.4, 0.5) is 5.69 Å². The van der Waals surface area contributed by atoms with E-state index in [0.717, 1.165) is 18.6 Å². The van der Waals surface area contributed by atoms with E-state index < -0.39 is 0 Å². The zero-order valence-corrected chi connectivity index (χ0v) is 19.6. The third-order valence-corrected chi connectivity index (χ3v) is 4.73. The molecule has 0 aliphatic heterocycles. The Kier molecular flexibility index (Phi) is 10.6. The molecule has 2 rings (SSSR count). The number of carbonyl (C=O) groups is 2. The van der Waals surface area contributed by atoms with Crippen LogP contribution in [0.1, 0.15) is 47.4 Å². The summed E-state index contributed by atoms with van der Waals surface area (Å²) in [7, 11) is 1.63. The van der Waals surface area contributed by atoms with Crippen molar-refractivity contribution in [2.24, 2.45) is 5.92 Å². The van der Waals surface area contributed by atoms with Crippen molar-refractivity contribution in [3.8, 4) is 5.75 Å². The summed E-state index contributed by atoms with van der Waals surface area (Å²) in [6, 6.07) is 13.8. The van der Waals surface area contributed by atoms with Crippen LogP contribution in [0.25, 0.3) is 0 Å². The van der Waals surface area contributed by atoms with Crippen LogP contribution in [0.5, 0.6) is 5.75 Å². The number of thiocarbonyl (C=S) groups is 1. The van der Waals surface area contributed by atoms with E-state index >= 15 is 0 Å². The lowest BCUT2D eigenvalue weighted by molar-refractivity contribution is 0.0946. The summed E-state index contributed by atoms with van der Waals surface area (Å²) in [5, 5.41) is 8.59. The first-order valence-electron chi connectivity index (χ1n) is 10.6. The molecule has 0 saturated carbocycles. The standard InChI is InChI=1S/C24H31N3O4S/c1-17(2)13-16-31-21-11-7-19(8-12-21)23(29)27-24(32)26-20-9-5-18(6-10-20)22(28)25-14-4-15-30-3/h5-12,17H,4,13-16H2,1-3H3,(H,25,28)(H2,26,27,29,32). The number of amides is 2. The first-order valence-corrected chi connectivity index (χ1v) is 11.0. The summed E-state index contributed by atoms with van der Waals surface area (Å²) in [4.78, 5) is 24.5. The predicted molar refractivity (Wildman–Crippen MR) is 130 cm³/mol. The molecule has 7 nitrogen and oxygen atoms in total. The fourth-order valence-corrected chi connectivity index (χ4v) is 2.89. The van der Waals surface area contributed by atoms with E-state index in [1.807, 2.05) is 0 Å². The van der Waals surface area contributed by atoms with Gasteiger partial charge in [0.05, 0.1) is 6.61 Å². The molecule has 0 unspecified atom stereocenters. The van der Waals surface area contributed by atoms with Crippen LogP contribution in [-0.4, -0.2) is 43.8 Å². The number of ether oxygens (including phenoxy) is 2. The average molecular weight is 458 g/mol. The molecular formula is C24H31N3O4S. The second kappa shape index (κ2) is 13.4. The lowest BCUT2D eigenvalue weighted by Gasteiger charge is -2.11. The van der Waals surface area contributed by atoms with E-state index in [2.05, 4.69) is 29.8 Å². The van der Waals surface area contributed by atoms with Gasteiger partial charge in [0.25, 0.3) is 11.8 Å². The molecule has 2 aromatic carbocycles. The van der Waals surface area contributed by atoms with Gasteiger partial charge >= 0.3 is 0 Å². The van der Waals surface area contributed by atoms with Gasteiger partial charge in [0.15, 0.2) is 5.11 Å². The Morgan fingerprint density at radius 1 is 0.938 bits per heavy atom. The van der Waals surface area contributed by atoms with E-state index in [1.54, 1.807) is 55.6 Å². The Hall–Kier alpha value is -2.97. The number of benzene rings is 2. The van der Waals surface area contributed by atoms with Gasteiger partial charge in [0, 0.05) is 37.1 Å². The minimum absolute atomic E-state index is 0.153. The quantitative estimate of drug-likeness (QED) is 0.349. The Morgan fingerprint density at radius 3 is 2.19 bits per heavy atom. The minimum Gasteiger partial charge on any atom is -0.494 e. The van der Waals surface area contributed by atoms with Crippen molar-refractivity contribution in [1.82, 2.24) is 10.6 Å². The Morgan fingerprint density at radius 2 is 1.56 bits per heavy atom. The zero-order chi connectivity index (χ0) is 23.3. The van der Waals surface area contributed by atoms with Crippen LogP contribution in [0.2, 0.25) is 0 Å². The highest BCUT2D eigenvalue weighted by molar-refractivity contribution is 7.80. The second-order valence-electron chi connectivity index (χ2n) is 7.64. The molecule has 0 aliphatic carbocycles. The van der Waals surface area contributed by atoms with Crippen molar-refractivity contribution < 1.29 is 19.1 Å². The van der Waals surface area contributed by atoms with Gasteiger partial charge in [-0.3, -0.25) is 14.9 Å². The van der Waals surface area contributed by atoms with Crippen molar-refractivity contribution in [3.05, 3.63) is 59.7 Å². The Bertz CT molecular complexity index is 883. The first-order chi connectivity index (χ1) is 15.4. The molecule has 0 fully saturated rings. The first kappa shape index (κ1) is 25.3. The molecule has 0 heterocycles. The second-order valence-corrected chi connectivity index (χ2v) is 8.05. The number of hydrogen-bond acceptors (Lipinski definition) is 5. The number of rotatable bonds is 11. The third-order valence-electron chi connectivity index (χ3n) is 4.52. The fourth-order valence-electron chi connectivity index (χ4n) is 2.68. The van der Waals surface area contributed by atoms with E-state index in [4.69, 9.17) is 21.7 Å². The Balaban J connectivity index is 1.80. The molecule has 2 amide bonds.